The molecule has 0 radical (unpaired) electrons. The van der Waals surface area contributed by atoms with Crippen molar-refractivity contribution in [3.8, 4) is 0 Å². The van der Waals surface area contributed by atoms with Crippen molar-refractivity contribution in [1.29, 1.82) is 0 Å². The third kappa shape index (κ3) is 1.36. The van der Waals surface area contributed by atoms with Gasteiger partial charge in [-0.05, 0) is 0 Å². The van der Waals surface area contributed by atoms with Crippen LogP contribution in [0.4, 0.5) is 0 Å². The minimum atomic E-state index is -0.396. The highest BCUT2D eigenvalue weighted by Gasteiger charge is 2.38. The third-order valence-corrected chi connectivity index (χ3v) is 2.15. The van der Waals surface area contributed by atoms with E-state index in [-0.39, 0.29) is 24.5 Å². The molecule has 0 bridgehead atoms. The van der Waals surface area contributed by atoms with Gasteiger partial charge in [-0.25, -0.2) is 0 Å². The first-order chi connectivity index (χ1) is 5.20. The fourth-order valence-corrected chi connectivity index (χ4v) is 1.38. The molecule has 1 aliphatic rings. The van der Waals surface area contributed by atoms with Crippen LogP contribution in [0.3, 0.4) is 0 Å². The predicted octanol–water partition coefficient (Wildman–Crippen LogP) is -0.872. The van der Waals surface area contributed by atoms with E-state index < -0.39 is 6.10 Å². The zero-order valence-corrected chi connectivity index (χ0v) is 6.70. The van der Waals surface area contributed by atoms with E-state index >= 15 is 0 Å². The van der Waals surface area contributed by atoms with E-state index in [0.717, 1.165) is 0 Å². The number of aliphatic hydroxyl groups is 1. The lowest BCUT2D eigenvalue weighted by atomic mass is 10.0. The molecule has 1 amide bonds. The summed E-state index contributed by atoms with van der Waals surface area (Å²) in [6, 6.07) is -0.146. The average molecular weight is 159 g/mol. The second kappa shape index (κ2) is 3.19. The molecule has 4 nitrogen and oxygen atoms in total. The second-order valence-corrected chi connectivity index (χ2v) is 2.81. The Balaban J connectivity index is 2.62. The SMILES string of the molecule is CO[C@@H]1C(=O)N[C@H](CO)[C@@H]1C. The molecule has 1 saturated heterocycles. The Morgan fingerprint density at radius 3 is 2.64 bits per heavy atom. The van der Waals surface area contributed by atoms with Gasteiger partial charge >= 0.3 is 0 Å². The Bertz CT molecular complexity index is 160. The van der Waals surface area contributed by atoms with Crippen molar-refractivity contribution in [3.63, 3.8) is 0 Å². The summed E-state index contributed by atoms with van der Waals surface area (Å²) in [4.78, 5) is 11.0. The molecule has 0 aliphatic carbocycles. The van der Waals surface area contributed by atoms with Gasteiger partial charge in [-0.3, -0.25) is 4.79 Å². The molecule has 1 heterocycles. The van der Waals surface area contributed by atoms with E-state index in [4.69, 9.17) is 9.84 Å². The van der Waals surface area contributed by atoms with Crippen LogP contribution in [0.2, 0.25) is 0 Å². The lowest BCUT2D eigenvalue weighted by molar-refractivity contribution is -0.128. The minimum absolute atomic E-state index is 0.0211. The first-order valence-electron chi connectivity index (χ1n) is 3.64. The number of carbonyl (C=O) groups is 1. The lowest BCUT2D eigenvalue weighted by Gasteiger charge is -2.13. The van der Waals surface area contributed by atoms with Crippen molar-refractivity contribution in [3.05, 3.63) is 0 Å². The molecule has 64 valence electrons. The number of ether oxygens (including phenoxy) is 1. The van der Waals surface area contributed by atoms with Gasteiger partial charge in [-0.15, -0.1) is 0 Å². The number of carbonyl (C=O) groups excluding carboxylic acids is 1. The van der Waals surface area contributed by atoms with Crippen molar-refractivity contribution < 1.29 is 14.6 Å². The van der Waals surface area contributed by atoms with Gasteiger partial charge in [0.05, 0.1) is 12.6 Å². The van der Waals surface area contributed by atoms with E-state index in [9.17, 15) is 4.79 Å². The molecular formula is C7H13NO3. The number of rotatable bonds is 2. The van der Waals surface area contributed by atoms with Crippen LogP contribution in [0, 0.1) is 5.92 Å². The van der Waals surface area contributed by atoms with Crippen LogP contribution in [-0.4, -0.2) is 36.9 Å². The Kier molecular flexibility index (Phi) is 2.46. The lowest BCUT2D eigenvalue weighted by Crippen LogP contribution is -2.31. The summed E-state index contributed by atoms with van der Waals surface area (Å²) in [5.41, 5.74) is 0. The zero-order chi connectivity index (χ0) is 8.43. The fourth-order valence-electron chi connectivity index (χ4n) is 1.38. The van der Waals surface area contributed by atoms with Gasteiger partial charge in [0.1, 0.15) is 6.10 Å². The van der Waals surface area contributed by atoms with E-state index in [0.29, 0.717) is 0 Å². The number of aliphatic hydroxyl groups excluding tert-OH is 1. The van der Waals surface area contributed by atoms with Gasteiger partial charge in [0.2, 0.25) is 5.91 Å². The zero-order valence-electron chi connectivity index (χ0n) is 6.70. The normalized spacial score (nSPS) is 37.4. The Morgan fingerprint density at radius 2 is 2.36 bits per heavy atom. The van der Waals surface area contributed by atoms with Crippen molar-refractivity contribution >= 4 is 5.91 Å². The van der Waals surface area contributed by atoms with Crippen LogP contribution in [-0.2, 0) is 9.53 Å². The maximum Gasteiger partial charge on any atom is 0.249 e. The molecule has 1 aliphatic heterocycles. The topological polar surface area (TPSA) is 58.6 Å². The summed E-state index contributed by atoms with van der Waals surface area (Å²) in [6.07, 6.45) is -0.396. The van der Waals surface area contributed by atoms with E-state index in [1.165, 1.54) is 7.11 Å². The second-order valence-electron chi connectivity index (χ2n) is 2.81. The quantitative estimate of drug-likeness (QED) is 0.550. The molecule has 11 heavy (non-hydrogen) atoms. The van der Waals surface area contributed by atoms with Gasteiger partial charge in [0.25, 0.3) is 0 Å². The molecule has 1 fully saturated rings. The fraction of sp³-hybridized carbons (Fsp3) is 0.857. The predicted molar refractivity (Wildman–Crippen MR) is 39.0 cm³/mol. The number of methoxy groups -OCH3 is 1. The minimum Gasteiger partial charge on any atom is -0.394 e. The Labute approximate surface area is 65.5 Å². The maximum atomic E-state index is 11.0. The van der Waals surface area contributed by atoms with Gasteiger partial charge in [0, 0.05) is 13.0 Å². The molecule has 0 aromatic heterocycles. The number of hydrogen-bond donors (Lipinski definition) is 2. The van der Waals surface area contributed by atoms with Crippen LogP contribution >= 0.6 is 0 Å². The summed E-state index contributed by atoms with van der Waals surface area (Å²) < 4.78 is 4.94. The van der Waals surface area contributed by atoms with Gasteiger partial charge < -0.3 is 15.2 Å². The molecule has 3 atom stereocenters. The first-order valence-corrected chi connectivity index (χ1v) is 3.64. The molecule has 0 spiro atoms. The standard InChI is InChI=1S/C7H13NO3/c1-4-5(3-9)8-7(10)6(4)11-2/h4-6,9H,3H2,1-2H3,(H,8,10)/t4-,5+,6-/m0/s1. The molecule has 0 aromatic carbocycles. The van der Waals surface area contributed by atoms with Gasteiger partial charge in [-0.2, -0.15) is 0 Å². The third-order valence-electron chi connectivity index (χ3n) is 2.15. The summed E-state index contributed by atoms with van der Waals surface area (Å²) in [7, 11) is 1.50. The largest absolute Gasteiger partial charge is 0.394 e. The van der Waals surface area contributed by atoms with Crippen molar-refractivity contribution in [2.45, 2.75) is 19.1 Å². The molecule has 4 heteroatoms. The van der Waals surface area contributed by atoms with Crippen molar-refractivity contribution in [2.24, 2.45) is 5.92 Å². The highest BCUT2D eigenvalue weighted by atomic mass is 16.5. The molecule has 1 rings (SSSR count). The highest BCUT2D eigenvalue weighted by Crippen LogP contribution is 2.18. The van der Waals surface area contributed by atoms with Crippen LogP contribution < -0.4 is 5.32 Å². The monoisotopic (exact) mass is 159 g/mol. The molecule has 0 unspecified atom stereocenters. The van der Waals surface area contributed by atoms with Crippen molar-refractivity contribution in [1.82, 2.24) is 5.32 Å². The summed E-state index contributed by atoms with van der Waals surface area (Å²) in [5, 5.41) is 11.4. The van der Waals surface area contributed by atoms with Crippen LogP contribution in [0.25, 0.3) is 0 Å². The van der Waals surface area contributed by atoms with Crippen LogP contribution in [0.1, 0.15) is 6.92 Å². The van der Waals surface area contributed by atoms with E-state index in [1.54, 1.807) is 0 Å². The van der Waals surface area contributed by atoms with Crippen molar-refractivity contribution in [2.75, 3.05) is 13.7 Å². The number of nitrogens with one attached hydrogen (secondary N) is 1. The number of hydrogen-bond acceptors (Lipinski definition) is 3. The smallest absolute Gasteiger partial charge is 0.249 e. The van der Waals surface area contributed by atoms with Crippen LogP contribution in [0.15, 0.2) is 0 Å². The van der Waals surface area contributed by atoms with E-state index in [2.05, 4.69) is 5.32 Å². The van der Waals surface area contributed by atoms with Crippen LogP contribution in [0.5, 0.6) is 0 Å². The van der Waals surface area contributed by atoms with Gasteiger partial charge in [0.15, 0.2) is 0 Å². The first kappa shape index (κ1) is 8.49. The Morgan fingerprint density at radius 1 is 1.73 bits per heavy atom. The Hall–Kier alpha value is -0.610. The molecular weight excluding hydrogens is 146 g/mol. The van der Waals surface area contributed by atoms with E-state index in [1.807, 2.05) is 6.92 Å². The highest BCUT2D eigenvalue weighted by molar-refractivity contribution is 5.83. The molecule has 0 saturated carbocycles. The summed E-state index contributed by atoms with van der Waals surface area (Å²) >= 11 is 0. The van der Waals surface area contributed by atoms with Gasteiger partial charge in [-0.1, -0.05) is 6.92 Å². The molecule has 0 aromatic rings. The molecule has 2 N–H and O–H groups in total. The average Bonchev–Trinajstić information content (AvgIpc) is 2.26. The summed E-state index contributed by atoms with van der Waals surface area (Å²) in [5.74, 6) is -0.0726. The summed E-state index contributed by atoms with van der Waals surface area (Å²) in [6.45, 7) is 1.86. The number of amides is 1. The maximum absolute atomic E-state index is 11.0.